The summed E-state index contributed by atoms with van der Waals surface area (Å²) in [5.74, 6) is 0.123. The maximum Gasteiger partial charge on any atom is 0.325 e. The molecule has 0 spiro atoms. The lowest BCUT2D eigenvalue weighted by atomic mass is 10.2. The highest BCUT2D eigenvalue weighted by atomic mass is 35.5. The van der Waals surface area contributed by atoms with Crippen LogP contribution in [0.1, 0.15) is 30.6 Å². The van der Waals surface area contributed by atoms with E-state index in [1.165, 1.54) is 0 Å². The van der Waals surface area contributed by atoms with Crippen LogP contribution in [0.15, 0.2) is 84.9 Å². The number of thiocarbonyl (C=S) groups is 1. The molecule has 3 nitrogen and oxygen atoms in total. The van der Waals surface area contributed by atoms with Crippen LogP contribution in [0.5, 0.6) is 5.75 Å². The third kappa shape index (κ3) is 4.81. The smallest absolute Gasteiger partial charge is 0.325 e. The topological polar surface area (TPSA) is 35.5 Å². The van der Waals surface area contributed by atoms with Gasteiger partial charge in [-0.25, -0.2) is 4.79 Å². The molecular weight excluding hydrogens is 432 g/mol. The molecule has 6 heteroatoms. The fraction of sp³-hybridized carbons (Fsp3) is 0.167. The van der Waals surface area contributed by atoms with E-state index in [-0.39, 0.29) is 16.0 Å². The molecule has 0 N–H and O–H groups in total. The van der Waals surface area contributed by atoms with Crippen LogP contribution in [-0.4, -0.2) is 18.8 Å². The Kier molecular flexibility index (Phi) is 7.42. The van der Waals surface area contributed by atoms with Gasteiger partial charge < -0.3 is 9.16 Å². The van der Waals surface area contributed by atoms with E-state index in [4.69, 9.17) is 33.0 Å². The monoisotopic (exact) mass is 454 g/mol. The zero-order chi connectivity index (χ0) is 21.6. The van der Waals surface area contributed by atoms with E-state index in [9.17, 15) is 4.79 Å². The van der Waals surface area contributed by atoms with Crippen molar-refractivity contribution in [1.82, 2.24) is 0 Å². The van der Waals surface area contributed by atoms with Crippen molar-refractivity contribution in [1.29, 1.82) is 0 Å². The molecule has 1 atom stereocenters. The number of hydrogen-bond acceptors (Lipinski definition) is 4. The highest BCUT2D eigenvalue weighted by molar-refractivity contribution is 7.82. The molecule has 0 bridgehead atoms. The minimum absolute atomic E-state index is 0.0957. The van der Waals surface area contributed by atoms with Crippen molar-refractivity contribution >= 4 is 53.0 Å². The molecule has 0 aliphatic rings. The molecule has 154 valence electrons. The third-order valence-corrected chi connectivity index (χ3v) is 10.1. The molecule has 0 radical (unpaired) electrons. The molecule has 0 amide bonds. The van der Waals surface area contributed by atoms with E-state index in [0.717, 1.165) is 16.8 Å². The summed E-state index contributed by atoms with van der Waals surface area (Å²) in [6, 6.07) is 26.9. The Bertz CT molecular complexity index is 954. The predicted octanol–water partition coefficient (Wildman–Crippen LogP) is 5.31. The van der Waals surface area contributed by atoms with Crippen LogP contribution in [0.3, 0.4) is 0 Å². The summed E-state index contributed by atoms with van der Waals surface area (Å²) in [6.45, 7) is 4.30. The van der Waals surface area contributed by atoms with Crippen LogP contribution in [-0.2, 0) is 4.43 Å². The van der Waals surface area contributed by atoms with Crippen LogP contribution >= 0.6 is 23.8 Å². The SMILES string of the molecule is CCC(C)[Si](OC(=O)c1ccc(OC(=S)Cl)cc1)(c1ccccc1)c1ccccc1. The van der Waals surface area contributed by atoms with Gasteiger partial charge in [0.05, 0.1) is 5.56 Å². The summed E-state index contributed by atoms with van der Waals surface area (Å²) in [5, 5.41) is 2.15. The molecule has 0 fully saturated rings. The quantitative estimate of drug-likeness (QED) is 0.275. The molecule has 3 aromatic carbocycles. The zero-order valence-electron chi connectivity index (χ0n) is 16.9. The Morgan fingerprint density at radius 2 is 1.43 bits per heavy atom. The highest BCUT2D eigenvalue weighted by Gasteiger charge is 2.47. The summed E-state index contributed by atoms with van der Waals surface area (Å²) in [7, 11) is -2.86. The van der Waals surface area contributed by atoms with E-state index in [1.54, 1.807) is 24.3 Å². The third-order valence-electron chi connectivity index (χ3n) is 5.25. The van der Waals surface area contributed by atoms with Gasteiger partial charge in [0.2, 0.25) is 0 Å². The van der Waals surface area contributed by atoms with Crippen molar-refractivity contribution < 1.29 is 14.0 Å². The van der Waals surface area contributed by atoms with Crippen LogP contribution in [0.2, 0.25) is 5.54 Å². The average molecular weight is 455 g/mol. The van der Waals surface area contributed by atoms with Gasteiger partial charge in [0.1, 0.15) is 5.75 Å². The van der Waals surface area contributed by atoms with Crippen molar-refractivity contribution in [2.45, 2.75) is 25.8 Å². The Morgan fingerprint density at radius 3 is 1.87 bits per heavy atom. The Hall–Kier alpha value is -2.47. The van der Waals surface area contributed by atoms with Crippen molar-refractivity contribution in [2.24, 2.45) is 0 Å². The molecule has 3 rings (SSSR count). The van der Waals surface area contributed by atoms with Gasteiger partial charge in [-0.15, -0.1) is 0 Å². The van der Waals surface area contributed by atoms with E-state index in [2.05, 4.69) is 38.1 Å². The first-order valence-corrected chi connectivity index (χ1v) is 12.6. The van der Waals surface area contributed by atoms with Crippen LogP contribution < -0.4 is 15.1 Å². The number of carbonyl (C=O) groups is 1. The van der Waals surface area contributed by atoms with Crippen LogP contribution in [0.25, 0.3) is 0 Å². The van der Waals surface area contributed by atoms with E-state index >= 15 is 0 Å². The number of carbonyl (C=O) groups excluding carboxylic acids is 1. The lowest BCUT2D eigenvalue weighted by Crippen LogP contribution is -2.64. The fourth-order valence-corrected chi connectivity index (χ4v) is 8.02. The molecule has 0 heterocycles. The minimum atomic E-state index is -2.86. The number of rotatable bonds is 7. The maximum atomic E-state index is 13.3. The molecule has 0 aliphatic carbocycles. The van der Waals surface area contributed by atoms with Crippen molar-refractivity contribution in [2.75, 3.05) is 0 Å². The van der Waals surface area contributed by atoms with Gasteiger partial charge >= 0.3 is 14.3 Å². The largest absolute Gasteiger partial charge is 0.506 e. The highest BCUT2D eigenvalue weighted by Crippen LogP contribution is 2.28. The first kappa shape index (κ1) is 22.2. The second-order valence-corrected chi connectivity index (χ2v) is 11.8. The standard InChI is InChI=1S/C24H23ClO3SSi/c1-3-18(2)30(21-10-6-4-7-11-21,22-12-8-5-9-13-22)28-23(26)19-14-16-20(17-15-19)27-24(25)29/h4-18H,3H2,1-2H3. The van der Waals surface area contributed by atoms with Gasteiger partial charge in [-0.05, 0) is 64.0 Å². The van der Waals surface area contributed by atoms with E-state index in [1.807, 2.05) is 36.4 Å². The summed E-state index contributed by atoms with van der Waals surface area (Å²) in [5.41, 5.74) is 0.636. The molecule has 1 unspecified atom stereocenters. The van der Waals surface area contributed by atoms with Crippen LogP contribution in [0.4, 0.5) is 0 Å². The Morgan fingerprint density at radius 1 is 0.933 bits per heavy atom. The summed E-state index contributed by atoms with van der Waals surface area (Å²) < 4.78 is 11.6. The Balaban J connectivity index is 2.04. The molecular formula is C24H23ClO3SSi. The number of halogens is 1. The fourth-order valence-electron chi connectivity index (χ4n) is 3.57. The van der Waals surface area contributed by atoms with Crippen molar-refractivity contribution in [3.63, 3.8) is 0 Å². The minimum Gasteiger partial charge on any atom is -0.506 e. The first-order valence-electron chi connectivity index (χ1n) is 9.79. The number of ether oxygens (including phenoxy) is 1. The summed E-state index contributed by atoms with van der Waals surface area (Å²) >= 11 is 10.4. The van der Waals surface area contributed by atoms with Gasteiger partial charge in [-0.2, -0.15) is 0 Å². The number of hydrogen-bond donors (Lipinski definition) is 0. The van der Waals surface area contributed by atoms with E-state index in [0.29, 0.717) is 11.3 Å². The molecule has 30 heavy (non-hydrogen) atoms. The average Bonchev–Trinajstić information content (AvgIpc) is 2.78. The zero-order valence-corrected chi connectivity index (χ0v) is 19.5. The van der Waals surface area contributed by atoms with Gasteiger partial charge in [0, 0.05) is 0 Å². The predicted molar refractivity (Wildman–Crippen MR) is 129 cm³/mol. The normalized spacial score (nSPS) is 12.1. The van der Waals surface area contributed by atoms with Gasteiger partial charge in [0.25, 0.3) is 4.51 Å². The second kappa shape index (κ2) is 10.0. The van der Waals surface area contributed by atoms with Gasteiger partial charge in [-0.1, -0.05) is 80.9 Å². The van der Waals surface area contributed by atoms with Crippen molar-refractivity contribution in [3.05, 3.63) is 90.5 Å². The Labute approximate surface area is 188 Å². The molecule has 0 aromatic heterocycles. The molecule has 0 saturated heterocycles. The van der Waals surface area contributed by atoms with E-state index < -0.39 is 8.32 Å². The summed E-state index contributed by atoms with van der Waals surface area (Å²) in [4.78, 5) is 13.3. The van der Waals surface area contributed by atoms with Crippen molar-refractivity contribution in [3.8, 4) is 5.75 Å². The lowest BCUT2D eigenvalue weighted by Gasteiger charge is -2.36. The van der Waals surface area contributed by atoms with Gasteiger partial charge in [-0.3, -0.25) is 0 Å². The first-order chi connectivity index (χ1) is 14.5. The van der Waals surface area contributed by atoms with Gasteiger partial charge in [0.15, 0.2) is 0 Å². The second-order valence-electron chi connectivity index (χ2n) is 7.03. The maximum absolute atomic E-state index is 13.3. The summed E-state index contributed by atoms with van der Waals surface area (Å²) in [6.07, 6.45) is 0.892. The molecule has 3 aromatic rings. The number of benzene rings is 3. The molecule has 0 saturated carbocycles. The lowest BCUT2D eigenvalue weighted by molar-refractivity contribution is 0.0724. The van der Waals surface area contributed by atoms with Crippen LogP contribution in [0, 0.1) is 0 Å². The molecule has 0 aliphatic heterocycles.